The molecule has 1 heterocycles. The van der Waals surface area contributed by atoms with Gasteiger partial charge in [0.2, 0.25) is 11.8 Å². The van der Waals surface area contributed by atoms with Crippen LogP contribution in [-0.2, 0) is 22.6 Å². The highest BCUT2D eigenvalue weighted by Gasteiger charge is 2.31. The number of carbonyl (C=O) groups excluding carboxylic acids is 2. The second-order valence-electron chi connectivity index (χ2n) is 9.83. The zero-order valence-corrected chi connectivity index (χ0v) is 20.2. The van der Waals surface area contributed by atoms with Gasteiger partial charge < -0.3 is 14.8 Å². The lowest BCUT2D eigenvalue weighted by molar-refractivity contribution is -0.147. The maximum Gasteiger partial charge on any atom is 0.242 e. The minimum absolute atomic E-state index is 0.0167. The van der Waals surface area contributed by atoms with Crippen molar-refractivity contribution in [1.29, 1.82) is 0 Å². The highest BCUT2D eigenvalue weighted by atomic mass is 19.1. The second kappa shape index (κ2) is 10.2. The summed E-state index contributed by atoms with van der Waals surface area (Å²) in [6.07, 6.45) is 2.65. The van der Waals surface area contributed by atoms with E-state index in [1.54, 1.807) is 21.9 Å². The molecule has 5 nitrogen and oxygen atoms in total. The zero-order valence-electron chi connectivity index (χ0n) is 20.2. The second-order valence-corrected chi connectivity index (χ2v) is 9.83. The van der Waals surface area contributed by atoms with Gasteiger partial charge >= 0.3 is 0 Å². The Bertz CT molecular complexity index is 1100. The Hall–Kier alpha value is -3.15. The summed E-state index contributed by atoms with van der Waals surface area (Å²) in [4.78, 5) is 33.1. The summed E-state index contributed by atoms with van der Waals surface area (Å²) in [5.41, 5.74) is 2.47. The molecule has 1 aromatic heterocycles. The van der Waals surface area contributed by atoms with Gasteiger partial charge in [0.25, 0.3) is 0 Å². The van der Waals surface area contributed by atoms with Crippen molar-refractivity contribution in [3.63, 3.8) is 0 Å². The van der Waals surface area contributed by atoms with E-state index in [1.807, 2.05) is 59.0 Å². The number of rotatable bonds is 8. The molecular weight excluding hydrogens is 417 g/mol. The molecule has 0 saturated carbocycles. The third-order valence-electron chi connectivity index (χ3n) is 5.80. The number of halogens is 1. The van der Waals surface area contributed by atoms with E-state index in [4.69, 9.17) is 0 Å². The van der Waals surface area contributed by atoms with Crippen LogP contribution in [0.3, 0.4) is 0 Å². The van der Waals surface area contributed by atoms with Crippen LogP contribution in [0.1, 0.15) is 45.7 Å². The number of aromatic amines is 1. The Balaban J connectivity index is 1.81. The maximum atomic E-state index is 13.4. The summed E-state index contributed by atoms with van der Waals surface area (Å²) >= 11 is 0. The fraction of sp³-hybridized carbons (Fsp3) is 0.407. The van der Waals surface area contributed by atoms with E-state index in [1.165, 1.54) is 12.1 Å². The Kier molecular flexibility index (Phi) is 7.57. The summed E-state index contributed by atoms with van der Waals surface area (Å²) < 4.78 is 13.4. The molecule has 3 aromatic rings. The van der Waals surface area contributed by atoms with Crippen LogP contribution in [0.5, 0.6) is 0 Å². The molecule has 2 amide bonds. The van der Waals surface area contributed by atoms with Crippen molar-refractivity contribution in [3.05, 3.63) is 71.7 Å². The number of H-pyrrole nitrogens is 1. The SMILES string of the molecule is CC(C)N(CC(=O)N(CCc1c[nH]c2ccccc12)Cc1ccc(F)cc1)C(=O)C(C)(C)C. The van der Waals surface area contributed by atoms with Crippen LogP contribution in [0.25, 0.3) is 10.9 Å². The number of para-hydroxylation sites is 1. The molecule has 176 valence electrons. The van der Waals surface area contributed by atoms with Crippen LogP contribution >= 0.6 is 0 Å². The first kappa shape index (κ1) is 24.5. The summed E-state index contributed by atoms with van der Waals surface area (Å²) in [6.45, 7) is 10.3. The standard InChI is InChI=1S/C27H34FN3O2/c1-19(2)31(26(33)27(3,4)5)18-25(32)30(17-20-10-12-22(28)13-11-20)15-14-21-16-29-24-9-7-6-8-23(21)24/h6-13,16,19,29H,14-15,17-18H2,1-5H3. The summed E-state index contributed by atoms with van der Waals surface area (Å²) in [7, 11) is 0. The van der Waals surface area contributed by atoms with Gasteiger partial charge in [-0.15, -0.1) is 0 Å². The van der Waals surface area contributed by atoms with Crippen LogP contribution in [-0.4, -0.2) is 45.7 Å². The first-order valence-corrected chi connectivity index (χ1v) is 11.4. The van der Waals surface area contributed by atoms with Crippen molar-refractivity contribution < 1.29 is 14.0 Å². The number of benzene rings is 2. The van der Waals surface area contributed by atoms with Gasteiger partial charge in [-0.25, -0.2) is 4.39 Å². The molecule has 6 heteroatoms. The van der Waals surface area contributed by atoms with E-state index in [0.29, 0.717) is 19.5 Å². The number of hydrogen-bond donors (Lipinski definition) is 1. The first-order valence-electron chi connectivity index (χ1n) is 11.4. The van der Waals surface area contributed by atoms with Gasteiger partial charge in [-0.05, 0) is 49.6 Å². The van der Waals surface area contributed by atoms with Crippen LogP contribution < -0.4 is 0 Å². The summed E-state index contributed by atoms with van der Waals surface area (Å²) in [6, 6.07) is 14.2. The summed E-state index contributed by atoms with van der Waals surface area (Å²) in [5.74, 6) is -0.480. The molecule has 0 saturated heterocycles. The topological polar surface area (TPSA) is 56.4 Å². The smallest absolute Gasteiger partial charge is 0.242 e. The fourth-order valence-corrected chi connectivity index (χ4v) is 3.86. The molecule has 0 spiro atoms. The number of hydrogen-bond acceptors (Lipinski definition) is 2. The number of nitrogens with zero attached hydrogens (tertiary/aromatic N) is 2. The maximum absolute atomic E-state index is 13.4. The number of aromatic nitrogens is 1. The van der Waals surface area contributed by atoms with Crippen molar-refractivity contribution in [3.8, 4) is 0 Å². The quantitative estimate of drug-likeness (QED) is 0.514. The lowest BCUT2D eigenvalue weighted by atomic mass is 9.94. The van der Waals surface area contributed by atoms with E-state index in [9.17, 15) is 14.0 Å². The van der Waals surface area contributed by atoms with Gasteiger partial charge in [-0.3, -0.25) is 9.59 Å². The number of fused-ring (bicyclic) bond motifs is 1. The van der Waals surface area contributed by atoms with Crippen molar-refractivity contribution >= 4 is 22.7 Å². The fourth-order valence-electron chi connectivity index (χ4n) is 3.86. The molecule has 0 fully saturated rings. The van der Waals surface area contributed by atoms with E-state index >= 15 is 0 Å². The van der Waals surface area contributed by atoms with Crippen LogP contribution in [0.2, 0.25) is 0 Å². The van der Waals surface area contributed by atoms with Crippen molar-refractivity contribution in [2.24, 2.45) is 5.41 Å². The van der Waals surface area contributed by atoms with Gasteiger partial charge in [0.15, 0.2) is 0 Å². The van der Waals surface area contributed by atoms with Crippen LogP contribution in [0.15, 0.2) is 54.7 Å². The Morgan fingerprint density at radius 2 is 1.70 bits per heavy atom. The first-order chi connectivity index (χ1) is 15.6. The van der Waals surface area contributed by atoms with Crippen molar-refractivity contribution in [1.82, 2.24) is 14.8 Å². The molecule has 0 radical (unpaired) electrons. The van der Waals surface area contributed by atoms with Crippen molar-refractivity contribution in [2.45, 2.75) is 53.6 Å². The molecule has 0 aliphatic carbocycles. The average molecular weight is 452 g/mol. The van der Waals surface area contributed by atoms with E-state index in [2.05, 4.69) is 11.1 Å². The predicted octanol–water partition coefficient (Wildman–Crippen LogP) is 5.16. The van der Waals surface area contributed by atoms with Crippen LogP contribution in [0, 0.1) is 11.2 Å². The molecule has 0 aliphatic heterocycles. The Morgan fingerprint density at radius 1 is 1.03 bits per heavy atom. The third kappa shape index (κ3) is 6.21. The average Bonchev–Trinajstić information content (AvgIpc) is 3.18. The van der Waals surface area contributed by atoms with Gasteiger partial charge in [0.1, 0.15) is 12.4 Å². The number of carbonyl (C=O) groups is 2. The van der Waals surface area contributed by atoms with Gasteiger partial charge in [0.05, 0.1) is 0 Å². The Morgan fingerprint density at radius 3 is 2.33 bits per heavy atom. The molecule has 0 aliphatic rings. The molecule has 0 unspecified atom stereocenters. The minimum atomic E-state index is -0.573. The third-order valence-corrected chi connectivity index (χ3v) is 5.80. The predicted molar refractivity (Wildman–Crippen MR) is 130 cm³/mol. The highest BCUT2D eigenvalue weighted by Crippen LogP contribution is 2.21. The highest BCUT2D eigenvalue weighted by molar-refractivity contribution is 5.88. The van der Waals surface area contributed by atoms with E-state index in [-0.39, 0.29) is 30.2 Å². The molecule has 33 heavy (non-hydrogen) atoms. The number of amides is 2. The van der Waals surface area contributed by atoms with Crippen LogP contribution in [0.4, 0.5) is 4.39 Å². The summed E-state index contributed by atoms with van der Waals surface area (Å²) in [5, 5.41) is 1.14. The van der Waals surface area contributed by atoms with E-state index in [0.717, 1.165) is 22.0 Å². The molecule has 0 atom stereocenters. The van der Waals surface area contributed by atoms with E-state index < -0.39 is 5.41 Å². The molecule has 3 rings (SSSR count). The van der Waals surface area contributed by atoms with Crippen molar-refractivity contribution in [2.75, 3.05) is 13.1 Å². The zero-order chi connectivity index (χ0) is 24.2. The Labute approximate surface area is 195 Å². The molecule has 2 aromatic carbocycles. The van der Waals surface area contributed by atoms with Gasteiger partial charge in [-0.1, -0.05) is 51.1 Å². The molecule has 1 N–H and O–H groups in total. The largest absolute Gasteiger partial charge is 0.361 e. The lowest BCUT2D eigenvalue weighted by Gasteiger charge is -2.34. The van der Waals surface area contributed by atoms with Gasteiger partial charge in [-0.2, -0.15) is 0 Å². The van der Waals surface area contributed by atoms with Gasteiger partial charge in [0, 0.05) is 41.6 Å². The molecule has 0 bridgehead atoms. The molecular formula is C27H34FN3O2. The minimum Gasteiger partial charge on any atom is -0.361 e. The lowest BCUT2D eigenvalue weighted by Crippen LogP contribution is -2.49. The monoisotopic (exact) mass is 451 g/mol. The number of nitrogens with one attached hydrogen (secondary N) is 1. The normalized spacial score (nSPS) is 11.7.